The van der Waals surface area contributed by atoms with Crippen LogP contribution in [0.1, 0.15) is 13.8 Å². The van der Waals surface area contributed by atoms with Crippen LogP contribution in [0.15, 0.2) is 18.2 Å². The molecule has 1 aromatic rings. The van der Waals surface area contributed by atoms with Crippen molar-refractivity contribution in [3.63, 3.8) is 0 Å². The van der Waals surface area contributed by atoms with Crippen molar-refractivity contribution in [2.24, 2.45) is 0 Å². The standard InChI is InChI=1S/C12H15NO6/c1-4-18-12(14)8(2)19-11-7-9(17-3)5-6-10(11)13(15)16/h5-8H,4H2,1-3H3. The van der Waals surface area contributed by atoms with E-state index in [9.17, 15) is 14.9 Å². The smallest absolute Gasteiger partial charge is 0.347 e. The number of hydrogen-bond acceptors (Lipinski definition) is 6. The first kappa shape index (κ1) is 14.7. The van der Waals surface area contributed by atoms with Crippen LogP contribution >= 0.6 is 0 Å². The van der Waals surface area contributed by atoms with Gasteiger partial charge < -0.3 is 14.2 Å². The van der Waals surface area contributed by atoms with E-state index in [0.717, 1.165) is 0 Å². The summed E-state index contributed by atoms with van der Waals surface area (Å²) in [5, 5.41) is 10.9. The third-order valence-corrected chi connectivity index (χ3v) is 2.29. The normalized spacial score (nSPS) is 11.5. The van der Waals surface area contributed by atoms with E-state index < -0.39 is 17.0 Å². The number of carbonyl (C=O) groups is 1. The lowest BCUT2D eigenvalue weighted by Crippen LogP contribution is -2.26. The van der Waals surface area contributed by atoms with Crippen LogP contribution in [0.4, 0.5) is 5.69 Å². The second kappa shape index (κ2) is 6.58. The molecule has 7 heteroatoms. The number of ether oxygens (including phenoxy) is 3. The molecule has 0 heterocycles. The van der Waals surface area contributed by atoms with Gasteiger partial charge in [0.1, 0.15) is 5.75 Å². The van der Waals surface area contributed by atoms with E-state index in [1.165, 1.54) is 32.2 Å². The number of nitro benzene ring substituents is 1. The maximum Gasteiger partial charge on any atom is 0.347 e. The van der Waals surface area contributed by atoms with E-state index in [1.807, 2.05) is 0 Å². The minimum Gasteiger partial charge on any atom is -0.497 e. The second-order valence-corrected chi connectivity index (χ2v) is 3.60. The highest BCUT2D eigenvalue weighted by atomic mass is 16.6. The molecule has 7 nitrogen and oxygen atoms in total. The van der Waals surface area contributed by atoms with Crippen LogP contribution in [-0.4, -0.2) is 30.7 Å². The molecule has 1 rings (SSSR count). The predicted octanol–water partition coefficient (Wildman–Crippen LogP) is 1.93. The first-order valence-corrected chi connectivity index (χ1v) is 5.65. The van der Waals surface area contributed by atoms with Crippen LogP contribution < -0.4 is 9.47 Å². The Morgan fingerprint density at radius 1 is 1.47 bits per heavy atom. The minimum atomic E-state index is -0.939. The number of methoxy groups -OCH3 is 1. The Kier molecular flexibility index (Phi) is 5.11. The summed E-state index contributed by atoms with van der Waals surface area (Å²) in [7, 11) is 1.43. The molecule has 0 aromatic heterocycles. The van der Waals surface area contributed by atoms with Crippen LogP contribution in [0.5, 0.6) is 11.5 Å². The van der Waals surface area contributed by atoms with Gasteiger partial charge in [0.25, 0.3) is 0 Å². The SMILES string of the molecule is CCOC(=O)C(C)Oc1cc(OC)ccc1[N+](=O)[O-]. The highest BCUT2D eigenvalue weighted by Gasteiger charge is 2.22. The molecule has 0 radical (unpaired) electrons. The largest absolute Gasteiger partial charge is 0.497 e. The first-order chi connectivity index (χ1) is 8.99. The van der Waals surface area contributed by atoms with Crippen molar-refractivity contribution in [2.75, 3.05) is 13.7 Å². The van der Waals surface area contributed by atoms with Gasteiger partial charge in [0.2, 0.25) is 5.75 Å². The van der Waals surface area contributed by atoms with Crippen LogP contribution in [0.3, 0.4) is 0 Å². The number of carbonyl (C=O) groups excluding carboxylic acids is 1. The molecule has 1 atom stereocenters. The molecule has 0 aliphatic heterocycles. The molecule has 1 aromatic carbocycles. The third kappa shape index (κ3) is 3.84. The van der Waals surface area contributed by atoms with E-state index in [4.69, 9.17) is 14.2 Å². The van der Waals surface area contributed by atoms with Crippen molar-refractivity contribution in [1.29, 1.82) is 0 Å². The van der Waals surface area contributed by atoms with Crippen LogP contribution in [0.2, 0.25) is 0 Å². The van der Waals surface area contributed by atoms with Gasteiger partial charge in [0, 0.05) is 12.1 Å². The monoisotopic (exact) mass is 269 g/mol. The lowest BCUT2D eigenvalue weighted by molar-refractivity contribution is -0.386. The van der Waals surface area contributed by atoms with Gasteiger partial charge in [-0.25, -0.2) is 4.79 Å². The number of esters is 1. The molecule has 0 saturated carbocycles. The summed E-state index contributed by atoms with van der Waals surface area (Å²) in [6, 6.07) is 4.06. The summed E-state index contributed by atoms with van der Waals surface area (Å²) in [6.07, 6.45) is -0.939. The van der Waals surface area contributed by atoms with E-state index in [2.05, 4.69) is 0 Å². The van der Waals surface area contributed by atoms with Gasteiger partial charge in [-0.1, -0.05) is 0 Å². The molecule has 0 N–H and O–H groups in total. The highest BCUT2D eigenvalue weighted by molar-refractivity contribution is 5.74. The van der Waals surface area contributed by atoms with E-state index in [1.54, 1.807) is 6.92 Å². The Morgan fingerprint density at radius 2 is 2.16 bits per heavy atom. The molecule has 0 fully saturated rings. The molecule has 0 spiro atoms. The average molecular weight is 269 g/mol. The quantitative estimate of drug-likeness (QED) is 0.445. The summed E-state index contributed by atoms with van der Waals surface area (Å²) >= 11 is 0. The molecule has 0 bridgehead atoms. The number of hydrogen-bond donors (Lipinski definition) is 0. The molecule has 1 unspecified atom stereocenters. The van der Waals surface area contributed by atoms with Crippen molar-refractivity contribution in [3.05, 3.63) is 28.3 Å². The summed E-state index contributed by atoms with van der Waals surface area (Å²) in [5.41, 5.74) is -0.239. The third-order valence-electron chi connectivity index (χ3n) is 2.29. The Bertz CT molecular complexity index is 473. The zero-order valence-electron chi connectivity index (χ0n) is 10.9. The summed E-state index contributed by atoms with van der Waals surface area (Å²) in [5.74, 6) is -0.221. The van der Waals surface area contributed by atoms with Crippen molar-refractivity contribution in [3.8, 4) is 11.5 Å². The zero-order valence-corrected chi connectivity index (χ0v) is 10.9. The Morgan fingerprint density at radius 3 is 2.68 bits per heavy atom. The number of benzene rings is 1. The topological polar surface area (TPSA) is 87.9 Å². The molecule has 0 aliphatic carbocycles. The molecule has 104 valence electrons. The van der Waals surface area contributed by atoms with Gasteiger partial charge in [-0.3, -0.25) is 10.1 Å². The Hall–Kier alpha value is -2.31. The zero-order chi connectivity index (χ0) is 14.4. The van der Waals surface area contributed by atoms with Gasteiger partial charge in [-0.05, 0) is 19.9 Å². The maximum absolute atomic E-state index is 11.4. The van der Waals surface area contributed by atoms with Gasteiger partial charge in [0.05, 0.1) is 18.6 Å². The molecule has 19 heavy (non-hydrogen) atoms. The number of nitro groups is 1. The van der Waals surface area contributed by atoms with Crippen LogP contribution in [0, 0.1) is 10.1 Å². The second-order valence-electron chi connectivity index (χ2n) is 3.60. The summed E-state index contributed by atoms with van der Waals surface area (Å²) < 4.78 is 15.0. The number of nitrogens with zero attached hydrogens (tertiary/aromatic N) is 1. The molecule has 0 amide bonds. The highest BCUT2D eigenvalue weighted by Crippen LogP contribution is 2.31. The van der Waals surface area contributed by atoms with E-state index in [0.29, 0.717) is 5.75 Å². The van der Waals surface area contributed by atoms with Crippen LogP contribution in [0.25, 0.3) is 0 Å². The van der Waals surface area contributed by atoms with Gasteiger partial charge >= 0.3 is 11.7 Å². The molecular formula is C12H15NO6. The predicted molar refractivity (Wildman–Crippen MR) is 66.4 cm³/mol. The maximum atomic E-state index is 11.4. The molecule has 0 saturated heterocycles. The van der Waals surface area contributed by atoms with Gasteiger partial charge in [-0.15, -0.1) is 0 Å². The molecule has 0 aliphatic rings. The molecular weight excluding hydrogens is 254 g/mol. The van der Waals surface area contributed by atoms with E-state index in [-0.39, 0.29) is 18.0 Å². The van der Waals surface area contributed by atoms with E-state index >= 15 is 0 Å². The van der Waals surface area contributed by atoms with Crippen molar-refractivity contribution in [1.82, 2.24) is 0 Å². The first-order valence-electron chi connectivity index (χ1n) is 5.65. The van der Waals surface area contributed by atoms with Gasteiger partial charge in [-0.2, -0.15) is 0 Å². The van der Waals surface area contributed by atoms with Crippen LogP contribution in [-0.2, 0) is 9.53 Å². The fourth-order valence-corrected chi connectivity index (χ4v) is 1.36. The fourth-order valence-electron chi connectivity index (χ4n) is 1.36. The summed E-state index contributed by atoms with van der Waals surface area (Å²) in [6.45, 7) is 3.34. The average Bonchev–Trinajstić information content (AvgIpc) is 2.38. The van der Waals surface area contributed by atoms with Gasteiger partial charge in [0.15, 0.2) is 6.10 Å². The van der Waals surface area contributed by atoms with Crippen molar-refractivity contribution < 1.29 is 23.9 Å². The lowest BCUT2D eigenvalue weighted by Gasteiger charge is -2.13. The van der Waals surface area contributed by atoms with Crippen molar-refractivity contribution in [2.45, 2.75) is 20.0 Å². The summed E-state index contributed by atoms with van der Waals surface area (Å²) in [4.78, 5) is 21.7. The Balaban J connectivity index is 2.97. The fraction of sp³-hybridized carbons (Fsp3) is 0.417. The number of rotatable bonds is 6. The minimum absolute atomic E-state index is 0.0371. The lowest BCUT2D eigenvalue weighted by atomic mass is 10.2. The Labute approximate surface area is 110 Å². The van der Waals surface area contributed by atoms with Crippen molar-refractivity contribution >= 4 is 11.7 Å².